The van der Waals surface area contributed by atoms with E-state index in [2.05, 4.69) is 39.0 Å². The van der Waals surface area contributed by atoms with Gasteiger partial charge < -0.3 is 14.2 Å². The molecule has 4 amide bonds. The van der Waals surface area contributed by atoms with Crippen molar-refractivity contribution in [3.05, 3.63) is 83.2 Å². The predicted octanol–water partition coefficient (Wildman–Crippen LogP) is 3.60. The maximum atomic E-state index is 13.2. The highest BCUT2D eigenvalue weighted by Gasteiger charge is 2.37. The molecule has 5 rings (SSSR count). The first-order valence-electron chi connectivity index (χ1n) is 11.5. The second-order valence-electron chi connectivity index (χ2n) is 8.57. The number of carbonyl (C=O) groups excluding carboxylic acids is 3. The van der Waals surface area contributed by atoms with Crippen molar-refractivity contribution in [1.82, 2.24) is 9.88 Å². The lowest BCUT2D eigenvalue weighted by atomic mass is 10.1. The number of amides is 4. The van der Waals surface area contributed by atoms with E-state index in [1.165, 1.54) is 0 Å². The molecule has 0 atom stereocenters. The maximum Gasteiger partial charge on any atom is 0.335 e. The molecule has 0 spiro atoms. The molecule has 8 heteroatoms. The van der Waals surface area contributed by atoms with Crippen molar-refractivity contribution < 1.29 is 19.1 Å². The van der Waals surface area contributed by atoms with E-state index < -0.39 is 17.8 Å². The van der Waals surface area contributed by atoms with E-state index in [9.17, 15) is 14.4 Å². The largest absolute Gasteiger partial charge is 0.378 e. The average Bonchev–Trinajstić information content (AvgIpc) is 3.15. The van der Waals surface area contributed by atoms with Crippen LogP contribution >= 0.6 is 0 Å². The van der Waals surface area contributed by atoms with Crippen LogP contribution in [0.1, 0.15) is 17.0 Å². The highest BCUT2D eigenvalue weighted by molar-refractivity contribution is 6.39. The number of nitrogens with zero attached hydrogens (tertiary/aromatic N) is 3. The SMILES string of the molecule is Cc1cc(/C=C2/C(=O)NC(=O)N(c3ccccc3)C2=O)c(C)n1-c1ccc(N2CCOCC2)cc1. The molecule has 178 valence electrons. The number of hydrogen-bond donors (Lipinski definition) is 1. The summed E-state index contributed by atoms with van der Waals surface area (Å²) >= 11 is 0. The van der Waals surface area contributed by atoms with Gasteiger partial charge in [0, 0.05) is 35.9 Å². The predicted molar refractivity (Wildman–Crippen MR) is 134 cm³/mol. The van der Waals surface area contributed by atoms with Gasteiger partial charge in [-0.3, -0.25) is 14.9 Å². The summed E-state index contributed by atoms with van der Waals surface area (Å²) in [6.07, 6.45) is 1.56. The van der Waals surface area contributed by atoms with Gasteiger partial charge in [0.25, 0.3) is 11.8 Å². The summed E-state index contributed by atoms with van der Waals surface area (Å²) in [4.78, 5) is 41.4. The van der Waals surface area contributed by atoms with E-state index in [0.717, 1.165) is 59.5 Å². The van der Waals surface area contributed by atoms with Gasteiger partial charge in [-0.15, -0.1) is 0 Å². The zero-order valence-corrected chi connectivity index (χ0v) is 19.7. The molecule has 2 aromatic carbocycles. The van der Waals surface area contributed by atoms with Gasteiger partial charge in [-0.25, -0.2) is 9.69 Å². The Morgan fingerprint density at radius 2 is 1.51 bits per heavy atom. The summed E-state index contributed by atoms with van der Waals surface area (Å²) < 4.78 is 7.52. The average molecular weight is 471 g/mol. The number of nitrogens with one attached hydrogen (secondary N) is 1. The lowest BCUT2D eigenvalue weighted by Gasteiger charge is -2.29. The molecule has 0 aliphatic carbocycles. The summed E-state index contributed by atoms with van der Waals surface area (Å²) in [6.45, 7) is 7.13. The smallest absolute Gasteiger partial charge is 0.335 e. The zero-order chi connectivity index (χ0) is 24.5. The first kappa shape index (κ1) is 22.6. The highest BCUT2D eigenvalue weighted by atomic mass is 16.5. The van der Waals surface area contributed by atoms with Crippen molar-refractivity contribution in [3.63, 3.8) is 0 Å². The van der Waals surface area contributed by atoms with Crippen LogP contribution in [0.2, 0.25) is 0 Å². The van der Waals surface area contributed by atoms with Gasteiger partial charge in [0.15, 0.2) is 0 Å². The summed E-state index contributed by atoms with van der Waals surface area (Å²) in [7, 11) is 0. The normalized spacial score (nSPS) is 17.8. The topological polar surface area (TPSA) is 83.9 Å². The van der Waals surface area contributed by atoms with Gasteiger partial charge >= 0.3 is 6.03 Å². The van der Waals surface area contributed by atoms with E-state index in [-0.39, 0.29) is 5.57 Å². The number of urea groups is 1. The molecule has 8 nitrogen and oxygen atoms in total. The number of benzene rings is 2. The van der Waals surface area contributed by atoms with Crippen molar-refractivity contribution in [1.29, 1.82) is 0 Å². The lowest BCUT2D eigenvalue weighted by Crippen LogP contribution is -2.54. The Morgan fingerprint density at radius 1 is 0.857 bits per heavy atom. The molecule has 3 heterocycles. The molecule has 0 unspecified atom stereocenters. The highest BCUT2D eigenvalue weighted by Crippen LogP contribution is 2.27. The fourth-order valence-corrected chi connectivity index (χ4v) is 4.59. The Labute approximate surface area is 203 Å². The van der Waals surface area contributed by atoms with E-state index >= 15 is 0 Å². The van der Waals surface area contributed by atoms with Crippen LogP contribution in [0.25, 0.3) is 11.8 Å². The third-order valence-electron chi connectivity index (χ3n) is 6.37. The maximum absolute atomic E-state index is 13.2. The van der Waals surface area contributed by atoms with Crippen molar-refractivity contribution in [3.8, 4) is 5.69 Å². The molecule has 2 fully saturated rings. The molecular formula is C27H26N4O4. The molecule has 2 aliphatic rings. The lowest BCUT2D eigenvalue weighted by molar-refractivity contribution is -0.122. The Balaban J connectivity index is 1.46. The number of morpholine rings is 1. The van der Waals surface area contributed by atoms with Gasteiger partial charge in [0.2, 0.25) is 0 Å². The van der Waals surface area contributed by atoms with Gasteiger partial charge in [-0.2, -0.15) is 0 Å². The van der Waals surface area contributed by atoms with Gasteiger partial charge in [0.1, 0.15) is 5.57 Å². The molecule has 2 aliphatic heterocycles. The number of hydrogen-bond acceptors (Lipinski definition) is 5. The molecule has 1 aromatic heterocycles. The molecule has 0 radical (unpaired) electrons. The summed E-state index contributed by atoms with van der Waals surface area (Å²) in [5.74, 6) is -1.35. The summed E-state index contributed by atoms with van der Waals surface area (Å²) in [5.41, 5.74) is 5.04. The van der Waals surface area contributed by atoms with Crippen molar-refractivity contribution >= 4 is 35.3 Å². The number of aryl methyl sites for hydroxylation is 1. The number of rotatable bonds is 4. The van der Waals surface area contributed by atoms with Crippen LogP contribution in [-0.4, -0.2) is 48.7 Å². The van der Waals surface area contributed by atoms with Crippen molar-refractivity contribution in [2.75, 3.05) is 36.1 Å². The number of barbiturate groups is 1. The van der Waals surface area contributed by atoms with E-state index in [1.54, 1.807) is 36.4 Å². The third-order valence-corrected chi connectivity index (χ3v) is 6.37. The minimum absolute atomic E-state index is 0.0867. The molecule has 0 saturated carbocycles. The van der Waals surface area contributed by atoms with Crippen LogP contribution in [0.5, 0.6) is 0 Å². The zero-order valence-electron chi connectivity index (χ0n) is 19.7. The third kappa shape index (κ3) is 4.24. The quantitative estimate of drug-likeness (QED) is 0.465. The van der Waals surface area contributed by atoms with Crippen molar-refractivity contribution in [2.24, 2.45) is 0 Å². The fraction of sp³-hybridized carbons (Fsp3) is 0.222. The fourth-order valence-electron chi connectivity index (χ4n) is 4.59. The van der Waals surface area contributed by atoms with Crippen LogP contribution in [0.15, 0.2) is 66.2 Å². The van der Waals surface area contributed by atoms with Crippen LogP contribution in [0.3, 0.4) is 0 Å². The first-order chi connectivity index (χ1) is 16.9. The van der Waals surface area contributed by atoms with Gasteiger partial charge in [-0.05, 0) is 68.0 Å². The Bertz CT molecular complexity index is 1320. The molecule has 1 N–H and O–H groups in total. The van der Waals surface area contributed by atoms with E-state index in [1.807, 2.05) is 19.9 Å². The second-order valence-corrected chi connectivity index (χ2v) is 8.57. The number of imide groups is 2. The Morgan fingerprint density at radius 3 is 2.20 bits per heavy atom. The minimum atomic E-state index is -0.755. The second kappa shape index (κ2) is 9.23. The van der Waals surface area contributed by atoms with Crippen LogP contribution in [0.4, 0.5) is 16.2 Å². The first-order valence-corrected chi connectivity index (χ1v) is 11.5. The summed E-state index contributed by atoms with van der Waals surface area (Å²) in [5, 5.41) is 2.28. The number of anilines is 2. The Kier molecular flexibility index (Phi) is 5.96. The standard InChI is InChI=1S/C27H26N4O4/c1-18-16-20(17-24-25(32)28-27(34)31(26(24)33)22-6-4-3-5-7-22)19(2)30(18)23-10-8-21(9-11-23)29-12-14-35-15-13-29/h3-11,16-17H,12-15H2,1-2H3,(H,28,32,34)/b24-17-. The van der Waals surface area contributed by atoms with Crippen LogP contribution in [0, 0.1) is 13.8 Å². The van der Waals surface area contributed by atoms with Gasteiger partial charge in [-0.1, -0.05) is 18.2 Å². The molecule has 2 saturated heterocycles. The van der Waals surface area contributed by atoms with Crippen molar-refractivity contribution in [2.45, 2.75) is 13.8 Å². The molecular weight excluding hydrogens is 444 g/mol. The van der Waals surface area contributed by atoms with Crippen LogP contribution in [-0.2, 0) is 14.3 Å². The number of para-hydroxylation sites is 1. The number of carbonyl (C=O) groups is 3. The summed E-state index contributed by atoms with van der Waals surface area (Å²) in [6, 6.07) is 18.1. The number of aromatic nitrogens is 1. The van der Waals surface area contributed by atoms with E-state index in [4.69, 9.17) is 4.74 Å². The molecule has 3 aromatic rings. The minimum Gasteiger partial charge on any atom is -0.378 e. The number of ether oxygens (including phenoxy) is 1. The van der Waals surface area contributed by atoms with E-state index in [0.29, 0.717) is 5.69 Å². The van der Waals surface area contributed by atoms with Crippen LogP contribution < -0.4 is 15.1 Å². The monoisotopic (exact) mass is 470 g/mol. The Hall–Kier alpha value is -4.17. The van der Waals surface area contributed by atoms with Gasteiger partial charge in [0.05, 0.1) is 18.9 Å². The molecule has 0 bridgehead atoms. The molecule has 35 heavy (non-hydrogen) atoms.